The van der Waals surface area contributed by atoms with Gasteiger partial charge in [-0.25, -0.2) is 0 Å². The molecule has 0 N–H and O–H groups in total. The van der Waals surface area contributed by atoms with E-state index in [2.05, 4.69) is 311 Å². The first-order valence-electron chi connectivity index (χ1n) is 52.0. The smallest absolute Gasteiger partial charge is 0.252 e. The standard InChI is InChI=1S/C126H89BN4/c1-125(2,3)89-75-106(81-37-14-8-15-38-81)124(107(76-89)82-39-16-9-17-40-82)131-117-78-91(129-113-58-27-24-47-105(113)121-95(49-32-60-115(121)129)80-35-12-7-13-36-80)66-70-111(117)127-110-69-65-90(128-112-57-26-23-46-104(112)120-94(48-31-59-114(120)128)79-33-10-6-11-34-79)77-116(110)130(118-73-88(74-119(131)122(118)127)85-61-62-87-71-86-43-20-25-56-108(86)126(4,5)109(87)72-85)123-102(98-52-28-50-96-92-44-21-18-41-83(92)63-67-100(96)98)54-30-55-103(123)99-53-29-51-97-93-45-22-19-42-84(93)64-68-101(97)99/h6-70,72-78H,71H2,1-5H3/i23D,24D,26D,27D,31D,32D,46D,47D,48D,49D,57D,58D,59D,60D. The van der Waals surface area contributed by atoms with Crippen LogP contribution in [0.1, 0.15) is 81.6 Å². The van der Waals surface area contributed by atoms with Gasteiger partial charge in [0.2, 0.25) is 0 Å². The molecule has 5 heteroatoms. The van der Waals surface area contributed by atoms with E-state index in [0.717, 1.165) is 149 Å². The molecule has 616 valence electrons. The number of fused-ring (bicyclic) bond motifs is 18. The van der Waals surface area contributed by atoms with Crippen molar-refractivity contribution >= 4 is 144 Å². The third-order valence-electron chi connectivity index (χ3n) is 28.1. The maximum Gasteiger partial charge on any atom is 0.252 e. The van der Waals surface area contributed by atoms with Crippen molar-refractivity contribution in [3.63, 3.8) is 0 Å². The topological polar surface area (TPSA) is 16.3 Å². The van der Waals surface area contributed by atoms with E-state index in [9.17, 15) is 19.2 Å². The molecule has 21 aromatic carbocycles. The molecular formula is C126H89BN4. The normalized spacial score (nSPS) is 14.7. The fourth-order valence-electron chi connectivity index (χ4n) is 22.1. The maximum absolute atomic E-state index is 10.5. The van der Waals surface area contributed by atoms with Crippen molar-refractivity contribution in [2.24, 2.45) is 0 Å². The second-order valence-corrected chi connectivity index (χ2v) is 36.6. The predicted octanol–water partition coefficient (Wildman–Crippen LogP) is 31.8. The fraction of sp³-hybridized carbons (Fsp3) is 0.0635. The highest BCUT2D eigenvalue weighted by Gasteiger charge is 2.47. The summed E-state index contributed by atoms with van der Waals surface area (Å²) >= 11 is 0. The highest BCUT2D eigenvalue weighted by atomic mass is 15.2. The summed E-state index contributed by atoms with van der Waals surface area (Å²) in [5, 5.41) is 8.94. The lowest BCUT2D eigenvalue weighted by Gasteiger charge is -2.46. The van der Waals surface area contributed by atoms with E-state index in [1.807, 2.05) is 84.9 Å². The van der Waals surface area contributed by atoms with Gasteiger partial charge in [-0.3, -0.25) is 0 Å². The van der Waals surface area contributed by atoms with Crippen LogP contribution >= 0.6 is 0 Å². The lowest BCUT2D eigenvalue weighted by atomic mass is 9.33. The SMILES string of the molecule is [2H]c1c([2H])c([2H])c2c(c1[2H])c1c(-c3ccccc3)c([2H])c([2H])c([2H])c1n2-c1ccc2c(c1)N(c1c(-c3ccccc3)cc(C(C)(C)C)cc1-c1ccccc1)c1cc(-c3ccc4c(c3)C(C)(C)c3ccccc3C4)cc3c1B2c1ccc(-n2c4c([2H])c([2H])c([2H])c([2H])c4c4c(-c5ccccc5)c([2H])c([2H])c([2H])c42)cc1N3c1c(-c2cccc3c2ccc2ccccc23)cccc1-c1cccc2c1ccc1ccccc12. The summed E-state index contributed by atoms with van der Waals surface area (Å²) < 4.78 is 144. The zero-order chi connectivity index (χ0) is 99.2. The van der Waals surface area contributed by atoms with Crippen LogP contribution < -0.4 is 26.2 Å². The van der Waals surface area contributed by atoms with Crippen LogP contribution in [0.15, 0.2) is 436 Å². The van der Waals surface area contributed by atoms with Gasteiger partial charge in [0.05, 0.1) is 52.6 Å². The van der Waals surface area contributed by atoms with Crippen molar-refractivity contribution < 1.29 is 19.2 Å². The molecule has 3 aliphatic rings. The van der Waals surface area contributed by atoms with Crippen molar-refractivity contribution in [2.75, 3.05) is 9.80 Å². The van der Waals surface area contributed by atoms with Crippen molar-refractivity contribution in [1.29, 1.82) is 0 Å². The molecular weight excluding hydrogens is 1580 g/mol. The monoisotopic (exact) mass is 1680 g/mol. The van der Waals surface area contributed by atoms with Crippen molar-refractivity contribution in [2.45, 2.75) is 51.9 Å². The average molecular weight is 1680 g/mol. The van der Waals surface area contributed by atoms with E-state index in [1.165, 1.54) is 16.7 Å². The number of para-hydroxylation sites is 3. The molecule has 1 aliphatic carbocycles. The third-order valence-corrected chi connectivity index (χ3v) is 28.1. The Morgan fingerprint density at radius 3 is 1.21 bits per heavy atom. The van der Waals surface area contributed by atoms with E-state index >= 15 is 0 Å². The van der Waals surface area contributed by atoms with Crippen LogP contribution in [0.5, 0.6) is 0 Å². The molecule has 0 spiro atoms. The quantitative estimate of drug-likeness (QED) is 0.0948. The van der Waals surface area contributed by atoms with Crippen molar-refractivity contribution in [1.82, 2.24) is 9.13 Å². The van der Waals surface area contributed by atoms with Crippen molar-refractivity contribution in [3.05, 3.63) is 464 Å². The summed E-state index contributed by atoms with van der Waals surface area (Å²) in [6, 6.07) is 117. The third kappa shape index (κ3) is 11.8. The Balaban J connectivity index is 0.888. The summed E-state index contributed by atoms with van der Waals surface area (Å²) in [4.78, 5) is 4.89. The lowest BCUT2D eigenvalue weighted by molar-refractivity contribution is 0.591. The van der Waals surface area contributed by atoms with Gasteiger partial charge in [0, 0.05) is 83.3 Å². The van der Waals surface area contributed by atoms with Gasteiger partial charge < -0.3 is 18.9 Å². The predicted molar refractivity (Wildman–Crippen MR) is 557 cm³/mol. The summed E-state index contributed by atoms with van der Waals surface area (Å²) in [5.74, 6) is 0. The Labute approximate surface area is 782 Å². The van der Waals surface area contributed by atoms with Gasteiger partial charge in [0.25, 0.3) is 6.71 Å². The Hall–Kier alpha value is -16.1. The van der Waals surface area contributed by atoms with Crippen LogP contribution in [0.4, 0.5) is 34.1 Å². The molecule has 23 aromatic rings. The Morgan fingerprint density at radius 2 is 0.702 bits per heavy atom. The number of rotatable bonds is 11. The number of anilines is 6. The van der Waals surface area contributed by atoms with Crippen LogP contribution in [0, 0.1) is 0 Å². The average Bonchev–Trinajstić information content (AvgIpc) is 1.68. The first kappa shape index (κ1) is 63.0. The molecule has 2 aliphatic heterocycles. The first-order valence-corrected chi connectivity index (χ1v) is 45.0. The molecule has 4 nitrogen and oxygen atoms in total. The van der Waals surface area contributed by atoms with Crippen LogP contribution in [-0.4, -0.2) is 15.8 Å². The minimum Gasteiger partial charge on any atom is -0.310 e. The molecule has 0 radical (unpaired) electrons. The molecule has 26 rings (SSSR count). The summed E-state index contributed by atoms with van der Waals surface area (Å²) in [6.07, 6.45) is 0.703. The summed E-state index contributed by atoms with van der Waals surface area (Å²) in [7, 11) is 0. The number of aromatic nitrogens is 2. The van der Waals surface area contributed by atoms with E-state index in [4.69, 9.17) is 0 Å². The summed E-state index contributed by atoms with van der Waals surface area (Å²) in [5.41, 5.74) is 23.0. The zero-order valence-corrected chi connectivity index (χ0v) is 72.6. The van der Waals surface area contributed by atoms with Crippen molar-refractivity contribution in [3.8, 4) is 89.3 Å². The molecule has 0 amide bonds. The van der Waals surface area contributed by atoms with E-state index < -0.39 is 59.8 Å². The fourth-order valence-corrected chi connectivity index (χ4v) is 22.1. The molecule has 0 bridgehead atoms. The van der Waals surface area contributed by atoms with E-state index in [1.54, 1.807) is 9.13 Å². The van der Waals surface area contributed by atoms with Crippen LogP contribution in [0.25, 0.3) is 176 Å². The molecule has 4 heterocycles. The lowest BCUT2D eigenvalue weighted by Crippen LogP contribution is -2.61. The summed E-state index contributed by atoms with van der Waals surface area (Å²) in [6.45, 7) is 10.5. The number of benzene rings is 21. The van der Waals surface area contributed by atoms with Gasteiger partial charge in [-0.2, -0.15) is 0 Å². The number of nitrogens with zero attached hydrogens (tertiary/aromatic N) is 4. The van der Waals surface area contributed by atoms with Gasteiger partial charge >= 0.3 is 0 Å². The molecule has 0 unspecified atom stereocenters. The van der Waals surface area contributed by atoms with Gasteiger partial charge in [-0.15, -0.1) is 0 Å². The van der Waals surface area contributed by atoms with Gasteiger partial charge in [-0.05, 0) is 234 Å². The first-order chi connectivity index (χ1) is 70.2. The van der Waals surface area contributed by atoms with Gasteiger partial charge in [0.1, 0.15) is 0 Å². The Morgan fingerprint density at radius 1 is 0.282 bits per heavy atom. The highest BCUT2D eigenvalue weighted by molar-refractivity contribution is 7.00. The molecule has 0 saturated heterocycles. The van der Waals surface area contributed by atoms with E-state index in [-0.39, 0.29) is 97.0 Å². The second kappa shape index (κ2) is 29.5. The minimum atomic E-state index is -0.827. The molecule has 2 aromatic heterocycles. The molecule has 0 fully saturated rings. The highest BCUT2D eigenvalue weighted by Crippen LogP contribution is 2.58. The second-order valence-electron chi connectivity index (χ2n) is 36.6. The molecule has 131 heavy (non-hydrogen) atoms. The molecule has 0 atom stereocenters. The van der Waals surface area contributed by atoms with Crippen LogP contribution in [0.2, 0.25) is 0 Å². The van der Waals surface area contributed by atoms with Gasteiger partial charge in [-0.1, -0.05) is 392 Å². The van der Waals surface area contributed by atoms with Gasteiger partial charge in [0.15, 0.2) is 0 Å². The van der Waals surface area contributed by atoms with Crippen LogP contribution in [-0.2, 0) is 17.3 Å². The Kier molecular flexibility index (Phi) is 14.2. The number of hydrogen-bond acceptors (Lipinski definition) is 2. The minimum absolute atomic E-state index is 0.0409. The number of hydrogen-bond donors (Lipinski definition) is 0. The van der Waals surface area contributed by atoms with Crippen LogP contribution in [0.3, 0.4) is 0 Å². The maximum atomic E-state index is 10.5. The van der Waals surface area contributed by atoms with E-state index in [0.29, 0.717) is 40.3 Å². The zero-order valence-electron chi connectivity index (χ0n) is 86.6. The Bertz CT molecular complexity index is 9430. The largest absolute Gasteiger partial charge is 0.310 e. The molecule has 0 saturated carbocycles.